The number of ether oxygens (including phenoxy) is 2. The van der Waals surface area contributed by atoms with Crippen molar-refractivity contribution in [2.75, 3.05) is 19.6 Å². The molecule has 1 saturated heterocycles. The Morgan fingerprint density at radius 1 is 1.35 bits per heavy atom. The molecule has 40 heavy (non-hydrogen) atoms. The summed E-state index contributed by atoms with van der Waals surface area (Å²) in [6, 6.07) is 3.41. The highest BCUT2D eigenvalue weighted by Gasteiger charge is 2.67. The summed E-state index contributed by atoms with van der Waals surface area (Å²) < 4.78 is 17.6. The monoisotopic (exact) mass is 546 g/mol. The van der Waals surface area contributed by atoms with E-state index < -0.39 is 5.97 Å². The van der Waals surface area contributed by atoms with Gasteiger partial charge in [-0.1, -0.05) is 19.9 Å². The molecule has 4 aliphatic rings. The molecule has 3 heterocycles. The minimum atomic E-state index is -0.463. The standard InChI is InChI=1S/C32H38N2O6/c1-5-12-33-13-11-32-23-7-8-24(34(17-19(2)3)28(37)9-6-21-10-14-38-18-21)31(32)40-30-27(39-20(4)35)16-26(36)22(29(30)32)15-25(23)33/h5-6,9-10,14,16,18-19,23-25,31,36H,1,7-8,11-13,15,17H2,2-4H3/b9-6+/t23-,24-,25+,31-,32-/m0/s1. The van der Waals surface area contributed by atoms with Crippen LogP contribution in [-0.2, 0) is 21.4 Å². The summed E-state index contributed by atoms with van der Waals surface area (Å²) in [5, 5.41) is 11.2. The van der Waals surface area contributed by atoms with E-state index in [4.69, 9.17) is 13.9 Å². The van der Waals surface area contributed by atoms with Gasteiger partial charge in [0.05, 0.1) is 18.6 Å². The van der Waals surface area contributed by atoms with Crippen LogP contribution in [0.4, 0.5) is 0 Å². The van der Waals surface area contributed by atoms with Crippen LogP contribution in [0.15, 0.2) is 47.8 Å². The van der Waals surface area contributed by atoms with E-state index in [9.17, 15) is 14.7 Å². The zero-order chi connectivity index (χ0) is 28.2. The lowest BCUT2D eigenvalue weighted by atomic mass is 9.50. The first-order valence-corrected chi connectivity index (χ1v) is 14.3. The number of hydrogen-bond donors (Lipinski definition) is 1. The second kappa shape index (κ2) is 10.1. The van der Waals surface area contributed by atoms with E-state index in [1.165, 1.54) is 13.0 Å². The number of phenols is 1. The van der Waals surface area contributed by atoms with Gasteiger partial charge in [0, 0.05) is 60.3 Å². The Morgan fingerprint density at radius 2 is 2.17 bits per heavy atom. The molecular formula is C32H38N2O6. The third-order valence-corrected chi connectivity index (χ3v) is 9.32. The molecule has 1 saturated carbocycles. The van der Waals surface area contributed by atoms with Gasteiger partial charge < -0.3 is 23.9 Å². The van der Waals surface area contributed by atoms with E-state index in [0.29, 0.717) is 24.6 Å². The number of furan rings is 1. The lowest BCUT2D eigenvalue weighted by Gasteiger charge is -2.60. The summed E-state index contributed by atoms with van der Waals surface area (Å²) in [5.41, 5.74) is 2.32. The molecule has 1 N–H and O–H groups in total. The Bertz CT molecular complexity index is 1350. The van der Waals surface area contributed by atoms with Crippen molar-refractivity contribution in [3.8, 4) is 17.2 Å². The van der Waals surface area contributed by atoms with Crippen molar-refractivity contribution in [1.82, 2.24) is 9.80 Å². The predicted molar refractivity (Wildman–Crippen MR) is 150 cm³/mol. The topological polar surface area (TPSA) is 92.5 Å². The van der Waals surface area contributed by atoms with Gasteiger partial charge in [-0.15, -0.1) is 6.58 Å². The lowest BCUT2D eigenvalue weighted by molar-refractivity contribution is -0.138. The van der Waals surface area contributed by atoms with Crippen LogP contribution in [0.2, 0.25) is 0 Å². The Labute approximate surface area is 235 Å². The fourth-order valence-corrected chi connectivity index (χ4v) is 8.01. The molecule has 1 aromatic carbocycles. The molecule has 1 spiro atoms. The molecule has 2 bridgehead atoms. The highest BCUT2D eigenvalue weighted by Crippen LogP contribution is 2.65. The Balaban J connectivity index is 1.46. The zero-order valence-corrected chi connectivity index (χ0v) is 23.5. The van der Waals surface area contributed by atoms with Crippen molar-refractivity contribution in [2.24, 2.45) is 11.8 Å². The number of nitrogens with zero attached hydrogens (tertiary/aromatic N) is 2. The van der Waals surface area contributed by atoms with Gasteiger partial charge in [0.2, 0.25) is 5.91 Å². The number of amides is 1. The zero-order valence-electron chi connectivity index (χ0n) is 23.5. The van der Waals surface area contributed by atoms with Crippen molar-refractivity contribution in [2.45, 2.75) is 70.1 Å². The molecule has 212 valence electrons. The number of benzene rings is 1. The van der Waals surface area contributed by atoms with Crippen LogP contribution < -0.4 is 9.47 Å². The third kappa shape index (κ3) is 4.15. The molecule has 0 radical (unpaired) electrons. The summed E-state index contributed by atoms with van der Waals surface area (Å²) in [6.07, 6.45) is 11.5. The molecule has 5 atom stereocenters. The molecule has 6 rings (SSSR count). The highest BCUT2D eigenvalue weighted by atomic mass is 16.6. The van der Waals surface area contributed by atoms with Crippen LogP contribution >= 0.6 is 0 Å². The molecule has 8 nitrogen and oxygen atoms in total. The molecular weight excluding hydrogens is 508 g/mol. The van der Waals surface area contributed by atoms with Crippen LogP contribution in [-0.4, -0.2) is 64.6 Å². The van der Waals surface area contributed by atoms with Crippen LogP contribution in [0.3, 0.4) is 0 Å². The third-order valence-electron chi connectivity index (χ3n) is 9.32. The normalized spacial score (nSPS) is 28.3. The van der Waals surface area contributed by atoms with E-state index in [1.807, 2.05) is 17.0 Å². The van der Waals surface area contributed by atoms with E-state index in [0.717, 1.165) is 49.0 Å². The average Bonchev–Trinajstić information content (AvgIpc) is 3.54. The summed E-state index contributed by atoms with van der Waals surface area (Å²) in [7, 11) is 0. The van der Waals surface area contributed by atoms with E-state index in [2.05, 4.69) is 25.3 Å². The molecule has 0 unspecified atom stereocenters. The number of aromatic hydroxyl groups is 1. The van der Waals surface area contributed by atoms with Gasteiger partial charge in [-0.3, -0.25) is 14.5 Å². The summed E-state index contributed by atoms with van der Waals surface area (Å²) >= 11 is 0. The molecule has 2 aliphatic heterocycles. The maximum atomic E-state index is 13.8. The number of likely N-dealkylation sites (tertiary alicyclic amines) is 1. The van der Waals surface area contributed by atoms with Crippen molar-refractivity contribution in [1.29, 1.82) is 0 Å². The summed E-state index contributed by atoms with van der Waals surface area (Å²) in [6.45, 7) is 11.8. The van der Waals surface area contributed by atoms with Gasteiger partial charge in [0.15, 0.2) is 11.5 Å². The minimum absolute atomic E-state index is 0.0611. The lowest BCUT2D eigenvalue weighted by Crippen LogP contribution is -2.69. The molecule has 2 fully saturated rings. The van der Waals surface area contributed by atoms with Gasteiger partial charge in [0.25, 0.3) is 0 Å². The Hall–Kier alpha value is -3.52. The number of esters is 1. The first kappa shape index (κ1) is 26.7. The van der Waals surface area contributed by atoms with Crippen molar-refractivity contribution < 1.29 is 28.6 Å². The smallest absolute Gasteiger partial charge is 0.308 e. The van der Waals surface area contributed by atoms with Gasteiger partial charge in [-0.2, -0.15) is 0 Å². The van der Waals surface area contributed by atoms with Gasteiger partial charge >= 0.3 is 5.97 Å². The van der Waals surface area contributed by atoms with Gasteiger partial charge in [-0.05, 0) is 56.2 Å². The second-order valence-corrected chi connectivity index (χ2v) is 12.1. The molecule has 2 aromatic rings. The van der Waals surface area contributed by atoms with Crippen LogP contribution in [0.25, 0.3) is 6.08 Å². The maximum Gasteiger partial charge on any atom is 0.308 e. The second-order valence-electron chi connectivity index (χ2n) is 12.1. The number of rotatable bonds is 8. The van der Waals surface area contributed by atoms with Crippen LogP contribution in [0.1, 0.15) is 56.7 Å². The number of piperidine rings is 1. The number of carbonyl (C=O) groups excluding carboxylic acids is 2. The molecule has 8 heteroatoms. The van der Waals surface area contributed by atoms with Crippen molar-refractivity contribution in [3.63, 3.8) is 0 Å². The SMILES string of the molecule is C=CCN1CC[C@]23c4c5c(O)cc(OC(C)=O)c4O[C@H]2[C@@H](N(CC(C)C)C(=O)/C=C/c2ccoc2)CC[C@H]3[C@H]1C5. The average molecular weight is 547 g/mol. The molecule has 1 amide bonds. The van der Waals surface area contributed by atoms with E-state index in [1.54, 1.807) is 24.7 Å². The Kier molecular flexibility index (Phi) is 6.77. The van der Waals surface area contributed by atoms with Gasteiger partial charge in [-0.25, -0.2) is 0 Å². The van der Waals surface area contributed by atoms with Crippen LogP contribution in [0, 0.1) is 11.8 Å². The quantitative estimate of drug-likeness (QED) is 0.222. The van der Waals surface area contributed by atoms with Crippen molar-refractivity contribution >= 4 is 18.0 Å². The number of hydrogen-bond acceptors (Lipinski definition) is 7. The van der Waals surface area contributed by atoms with Crippen molar-refractivity contribution in [3.05, 3.63) is 60.1 Å². The number of carbonyl (C=O) groups is 2. The maximum absolute atomic E-state index is 13.8. The molecule has 2 aliphatic carbocycles. The van der Waals surface area contributed by atoms with E-state index >= 15 is 0 Å². The first-order chi connectivity index (χ1) is 19.2. The number of phenolic OH excluding ortho intramolecular Hbond substituents is 1. The first-order valence-electron chi connectivity index (χ1n) is 14.3. The predicted octanol–water partition coefficient (Wildman–Crippen LogP) is 4.70. The summed E-state index contributed by atoms with van der Waals surface area (Å²) in [5.74, 6) is 0.993. The highest BCUT2D eigenvalue weighted by molar-refractivity contribution is 5.92. The van der Waals surface area contributed by atoms with E-state index in [-0.39, 0.29) is 46.9 Å². The fraction of sp³-hybridized carbons (Fsp3) is 0.500. The van der Waals surface area contributed by atoms with Gasteiger partial charge in [0.1, 0.15) is 11.9 Å². The largest absolute Gasteiger partial charge is 0.508 e. The van der Waals surface area contributed by atoms with Crippen LogP contribution in [0.5, 0.6) is 17.2 Å². The Morgan fingerprint density at radius 3 is 2.88 bits per heavy atom. The summed E-state index contributed by atoms with van der Waals surface area (Å²) in [4.78, 5) is 30.3. The minimum Gasteiger partial charge on any atom is -0.508 e. The fourth-order valence-electron chi connectivity index (χ4n) is 8.01. The molecule has 1 aromatic heterocycles.